The third kappa shape index (κ3) is 2.04. The smallest absolute Gasteiger partial charge is 0.178 e. The van der Waals surface area contributed by atoms with Gasteiger partial charge in [0, 0.05) is 10.9 Å². The molecule has 2 aromatic rings. The maximum atomic E-state index is 10.7. The second-order valence-corrected chi connectivity index (χ2v) is 5.12. The number of ether oxygens (including phenoxy) is 1. The Morgan fingerprint density at radius 3 is 2.56 bits per heavy atom. The second-order valence-electron chi connectivity index (χ2n) is 4.23. The summed E-state index contributed by atoms with van der Waals surface area (Å²) in [4.78, 5) is 15.0. The Kier molecular flexibility index (Phi) is 3.48. The van der Waals surface area contributed by atoms with Gasteiger partial charge in [0.15, 0.2) is 11.3 Å². The summed E-state index contributed by atoms with van der Waals surface area (Å²) in [5.74, 6) is 0.843. The summed E-state index contributed by atoms with van der Waals surface area (Å²) in [5.41, 5.74) is 5.19. The Bertz CT molecular complexity index is 602. The maximum Gasteiger partial charge on any atom is 0.178 e. The van der Waals surface area contributed by atoms with Crippen LogP contribution in [0.4, 0.5) is 0 Å². The van der Waals surface area contributed by atoms with Crippen LogP contribution in [0.3, 0.4) is 0 Å². The van der Waals surface area contributed by atoms with Crippen LogP contribution in [0.5, 0.6) is 5.75 Å². The summed E-state index contributed by atoms with van der Waals surface area (Å²) in [7, 11) is 1.66. The van der Waals surface area contributed by atoms with E-state index in [0.29, 0.717) is 5.01 Å². The third-order valence-corrected chi connectivity index (χ3v) is 3.84. The highest BCUT2D eigenvalue weighted by atomic mass is 32.1. The first kappa shape index (κ1) is 12.8. The first-order valence-corrected chi connectivity index (χ1v) is 6.52. The van der Waals surface area contributed by atoms with Crippen molar-refractivity contribution in [2.24, 2.45) is 0 Å². The summed E-state index contributed by atoms with van der Waals surface area (Å²) in [5, 5.41) is 2.38. The number of hydrogen-bond donors (Lipinski definition) is 0. The van der Waals surface area contributed by atoms with Crippen LogP contribution in [-0.2, 0) is 0 Å². The molecule has 4 heteroatoms. The van der Waals surface area contributed by atoms with E-state index < -0.39 is 0 Å². The van der Waals surface area contributed by atoms with E-state index in [1.165, 1.54) is 16.9 Å². The molecule has 0 radical (unpaired) electrons. The van der Waals surface area contributed by atoms with Crippen molar-refractivity contribution in [2.75, 3.05) is 7.11 Å². The number of aromatic nitrogens is 1. The SMILES string of the molecule is COc1c(C)c(C)cc(C)c1-c1csc(C=O)n1. The molecule has 0 aliphatic rings. The molecule has 1 heterocycles. The quantitative estimate of drug-likeness (QED) is 0.793. The number of aryl methyl sites for hydroxylation is 2. The molecule has 0 spiro atoms. The Morgan fingerprint density at radius 1 is 1.28 bits per heavy atom. The molecule has 3 nitrogen and oxygen atoms in total. The van der Waals surface area contributed by atoms with Gasteiger partial charge in [-0.3, -0.25) is 4.79 Å². The van der Waals surface area contributed by atoms with Crippen LogP contribution < -0.4 is 4.74 Å². The van der Waals surface area contributed by atoms with Crippen LogP contribution in [-0.4, -0.2) is 18.4 Å². The standard InChI is InChI=1S/C14H15NO2S/c1-8-5-9(2)13(14(17-4)10(8)3)11-7-18-12(6-16)15-11/h5-7H,1-4H3. The molecule has 1 aromatic carbocycles. The van der Waals surface area contributed by atoms with Crippen molar-refractivity contribution in [3.63, 3.8) is 0 Å². The lowest BCUT2D eigenvalue weighted by Crippen LogP contribution is -1.97. The van der Waals surface area contributed by atoms with E-state index in [1.807, 2.05) is 19.2 Å². The van der Waals surface area contributed by atoms with Gasteiger partial charge in [-0.2, -0.15) is 0 Å². The summed E-state index contributed by atoms with van der Waals surface area (Å²) in [6.45, 7) is 6.13. The molecule has 0 bridgehead atoms. The molecule has 18 heavy (non-hydrogen) atoms. The van der Waals surface area contributed by atoms with Crippen molar-refractivity contribution in [3.05, 3.63) is 33.1 Å². The number of methoxy groups -OCH3 is 1. The lowest BCUT2D eigenvalue weighted by atomic mass is 9.97. The normalized spacial score (nSPS) is 10.4. The average molecular weight is 261 g/mol. The predicted molar refractivity (Wildman–Crippen MR) is 73.7 cm³/mol. The molecule has 0 saturated heterocycles. The van der Waals surface area contributed by atoms with E-state index in [2.05, 4.69) is 18.0 Å². The Hall–Kier alpha value is -1.68. The topological polar surface area (TPSA) is 39.2 Å². The number of hydrogen-bond acceptors (Lipinski definition) is 4. The van der Waals surface area contributed by atoms with Crippen molar-refractivity contribution in [1.82, 2.24) is 4.98 Å². The van der Waals surface area contributed by atoms with Crippen molar-refractivity contribution in [3.8, 4) is 17.0 Å². The molecule has 2 rings (SSSR count). The lowest BCUT2D eigenvalue weighted by Gasteiger charge is -2.15. The highest BCUT2D eigenvalue weighted by Gasteiger charge is 2.16. The molecule has 0 saturated carbocycles. The van der Waals surface area contributed by atoms with Gasteiger partial charge in [-0.1, -0.05) is 6.07 Å². The third-order valence-electron chi connectivity index (χ3n) is 3.07. The lowest BCUT2D eigenvalue weighted by molar-refractivity contribution is 0.112. The molecule has 0 aliphatic heterocycles. The van der Waals surface area contributed by atoms with Crippen molar-refractivity contribution in [1.29, 1.82) is 0 Å². The second kappa shape index (κ2) is 4.90. The van der Waals surface area contributed by atoms with Gasteiger partial charge in [-0.25, -0.2) is 4.98 Å². The van der Waals surface area contributed by atoms with Crippen molar-refractivity contribution >= 4 is 17.6 Å². The van der Waals surface area contributed by atoms with Crippen LogP contribution >= 0.6 is 11.3 Å². The highest BCUT2D eigenvalue weighted by Crippen LogP contribution is 2.37. The van der Waals surface area contributed by atoms with E-state index >= 15 is 0 Å². The van der Waals surface area contributed by atoms with Crippen LogP contribution in [0.1, 0.15) is 26.5 Å². The fourth-order valence-electron chi connectivity index (χ4n) is 2.08. The number of aldehydes is 1. The van der Waals surface area contributed by atoms with E-state index in [9.17, 15) is 4.79 Å². The molecular weight excluding hydrogens is 246 g/mol. The molecule has 94 valence electrons. The van der Waals surface area contributed by atoms with Crippen LogP contribution in [0, 0.1) is 20.8 Å². The Labute approximate surface area is 110 Å². The van der Waals surface area contributed by atoms with E-state index in [0.717, 1.165) is 34.4 Å². The first-order valence-electron chi connectivity index (χ1n) is 5.64. The molecule has 0 unspecified atom stereocenters. The molecular formula is C14H15NO2S. The van der Waals surface area contributed by atoms with Crippen LogP contribution in [0.2, 0.25) is 0 Å². The molecule has 1 aromatic heterocycles. The monoisotopic (exact) mass is 261 g/mol. The number of benzene rings is 1. The Morgan fingerprint density at radius 2 is 2.00 bits per heavy atom. The van der Waals surface area contributed by atoms with Gasteiger partial charge in [0.2, 0.25) is 0 Å². The minimum atomic E-state index is 0.490. The number of nitrogens with zero attached hydrogens (tertiary/aromatic N) is 1. The summed E-state index contributed by atoms with van der Waals surface area (Å²) >= 11 is 1.35. The zero-order valence-electron chi connectivity index (χ0n) is 10.9. The molecule has 0 fully saturated rings. The first-order chi connectivity index (χ1) is 8.58. The van der Waals surface area contributed by atoms with Gasteiger partial charge in [-0.15, -0.1) is 11.3 Å². The van der Waals surface area contributed by atoms with Gasteiger partial charge in [-0.05, 0) is 37.5 Å². The minimum absolute atomic E-state index is 0.490. The zero-order valence-corrected chi connectivity index (χ0v) is 11.7. The molecule has 0 aliphatic carbocycles. The maximum absolute atomic E-state index is 10.7. The molecule has 0 N–H and O–H groups in total. The van der Waals surface area contributed by atoms with Crippen molar-refractivity contribution < 1.29 is 9.53 Å². The average Bonchev–Trinajstić information content (AvgIpc) is 2.81. The van der Waals surface area contributed by atoms with Gasteiger partial charge in [0.25, 0.3) is 0 Å². The van der Waals surface area contributed by atoms with Gasteiger partial charge >= 0.3 is 0 Å². The summed E-state index contributed by atoms with van der Waals surface area (Å²) < 4.78 is 5.51. The summed E-state index contributed by atoms with van der Waals surface area (Å²) in [6, 6.07) is 2.12. The predicted octanol–water partition coefficient (Wildman–Crippen LogP) is 3.56. The fraction of sp³-hybridized carbons (Fsp3) is 0.286. The van der Waals surface area contributed by atoms with Gasteiger partial charge in [0.1, 0.15) is 5.75 Å². The Balaban J connectivity index is 2.69. The minimum Gasteiger partial charge on any atom is -0.496 e. The fourth-order valence-corrected chi connectivity index (χ4v) is 2.69. The van der Waals surface area contributed by atoms with Crippen molar-refractivity contribution in [2.45, 2.75) is 20.8 Å². The highest BCUT2D eigenvalue weighted by molar-refractivity contribution is 7.11. The van der Waals surface area contributed by atoms with E-state index in [-0.39, 0.29) is 0 Å². The zero-order chi connectivity index (χ0) is 13.3. The van der Waals surface area contributed by atoms with E-state index in [1.54, 1.807) is 7.11 Å². The van der Waals surface area contributed by atoms with Gasteiger partial charge < -0.3 is 4.74 Å². The van der Waals surface area contributed by atoms with Gasteiger partial charge in [0.05, 0.1) is 12.8 Å². The largest absolute Gasteiger partial charge is 0.496 e. The molecule has 0 atom stereocenters. The number of rotatable bonds is 3. The number of carbonyl (C=O) groups is 1. The number of carbonyl (C=O) groups excluding carboxylic acids is 1. The molecule has 0 amide bonds. The van der Waals surface area contributed by atoms with E-state index in [4.69, 9.17) is 4.74 Å². The van der Waals surface area contributed by atoms with Crippen LogP contribution in [0.15, 0.2) is 11.4 Å². The summed E-state index contributed by atoms with van der Waals surface area (Å²) in [6.07, 6.45) is 0.775. The number of thiazole rings is 1. The van der Waals surface area contributed by atoms with Crippen LogP contribution in [0.25, 0.3) is 11.3 Å².